The molecule has 6 heteroatoms. The molecule has 1 atom stereocenters. The molecule has 0 aliphatic heterocycles. The Balaban J connectivity index is 2.37. The first-order valence-electron chi connectivity index (χ1n) is 6.14. The molecule has 0 saturated heterocycles. The molecule has 0 fully saturated rings. The van der Waals surface area contributed by atoms with Gasteiger partial charge < -0.3 is 5.73 Å². The lowest BCUT2D eigenvalue weighted by Crippen LogP contribution is -2.17. The molecule has 0 aliphatic carbocycles. The van der Waals surface area contributed by atoms with Crippen LogP contribution in [0.5, 0.6) is 0 Å². The Morgan fingerprint density at radius 2 is 1.71 bits per heavy atom. The van der Waals surface area contributed by atoms with E-state index >= 15 is 0 Å². The summed E-state index contributed by atoms with van der Waals surface area (Å²) in [6, 6.07) is 3.33. The highest BCUT2D eigenvalue weighted by atomic mass is 79.9. The van der Waals surface area contributed by atoms with Crippen molar-refractivity contribution in [3.05, 3.63) is 68.7 Å². The van der Waals surface area contributed by atoms with E-state index in [1.807, 2.05) is 0 Å². The van der Waals surface area contributed by atoms with Gasteiger partial charge in [0.1, 0.15) is 23.3 Å². The van der Waals surface area contributed by atoms with E-state index in [1.165, 1.54) is 19.1 Å². The van der Waals surface area contributed by atoms with Gasteiger partial charge >= 0.3 is 0 Å². The van der Waals surface area contributed by atoms with Crippen molar-refractivity contribution >= 4 is 15.9 Å². The molecule has 0 aromatic heterocycles. The first-order valence-corrected chi connectivity index (χ1v) is 6.94. The SMILES string of the molecule is Cc1cc(C(N)Cc2c(F)ccc(Br)c2F)c(F)cc1F. The molecule has 0 amide bonds. The van der Waals surface area contributed by atoms with Crippen molar-refractivity contribution < 1.29 is 17.6 Å². The van der Waals surface area contributed by atoms with Gasteiger partial charge in [0.25, 0.3) is 0 Å². The Hall–Kier alpha value is -1.40. The molecule has 0 aliphatic rings. The summed E-state index contributed by atoms with van der Waals surface area (Å²) in [5.74, 6) is -3.06. The number of hydrogen-bond acceptors (Lipinski definition) is 1. The van der Waals surface area contributed by atoms with Crippen LogP contribution in [0, 0.1) is 30.2 Å². The third kappa shape index (κ3) is 3.27. The molecule has 2 N–H and O–H groups in total. The summed E-state index contributed by atoms with van der Waals surface area (Å²) in [5, 5.41) is 0. The highest BCUT2D eigenvalue weighted by Crippen LogP contribution is 2.27. The molecular formula is C15H12BrF4N. The molecule has 0 heterocycles. The fourth-order valence-corrected chi connectivity index (χ4v) is 2.42. The summed E-state index contributed by atoms with van der Waals surface area (Å²) in [4.78, 5) is 0. The molecule has 1 unspecified atom stereocenters. The van der Waals surface area contributed by atoms with Gasteiger partial charge in [-0.1, -0.05) is 0 Å². The van der Waals surface area contributed by atoms with Crippen molar-refractivity contribution in [1.29, 1.82) is 0 Å². The van der Waals surface area contributed by atoms with E-state index in [4.69, 9.17) is 5.73 Å². The number of nitrogens with two attached hydrogens (primary N) is 1. The van der Waals surface area contributed by atoms with Gasteiger partial charge in [0.05, 0.1) is 4.47 Å². The smallest absolute Gasteiger partial charge is 0.143 e. The molecule has 0 radical (unpaired) electrons. The van der Waals surface area contributed by atoms with E-state index in [1.54, 1.807) is 0 Å². The quantitative estimate of drug-likeness (QED) is 0.629. The van der Waals surface area contributed by atoms with Crippen LogP contribution in [0.4, 0.5) is 17.6 Å². The largest absolute Gasteiger partial charge is 0.324 e. The third-order valence-corrected chi connectivity index (χ3v) is 3.85. The monoisotopic (exact) mass is 361 g/mol. The van der Waals surface area contributed by atoms with Crippen LogP contribution in [0.25, 0.3) is 0 Å². The van der Waals surface area contributed by atoms with E-state index in [2.05, 4.69) is 15.9 Å². The molecular weight excluding hydrogens is 350 g/mol. The standard InChI is InChI=1S/C15H12BrF4N/c1-7-4-8(13(19)6-12(7)18)14(21)5-9-11(17)3-2-10(16)15(9)20/h2-4,6,14H,5,21H2,1H3. The van der Waals surface area contributed by atoms with Crippen LogP contribution >= 0.6 is 15.9 Å². The zero-order chi connectivity index (χ0) is 15.7. The minimum absolute atomic E-state index is 0.0210. The first kappa shape index (κ1) is 16.0. The molecule has 2 rings (SSSR count). The number of halogens is 5. The summed E-state index contributed by atoms with van der Waals surface area (Å²) < 4.78 is 54.6. The Morgan fingerprint density at radius 1 is 1.05 bits per heavy atom. The molecule has 2 aromatic carbocycles. The van der Waals surface area contributed by atoms with Gasteiger partial charge in [-0.25, -0.2) is 17.6 Å². The van der Waals surface area contributed by atoms with Gasteiger partial charge in [0.15, 0.2) is 0 Å². The van der Waals surface area contributed by atoms with E-state index in [9.17, 15) is 17.6 Å². The van der Waals surface area contributed by atoms with Gasteiger partial charge in [-0.3, -0.25) is 0 Å². The van der Waals surface area contributed by atoms with Gasteiger partial charge in [-0.05, 0) is 53.0 Å². The van der Waals surface area contributed by atoms with Crippen molar-refractivity contribution in [2.75, 3.05) is 0 Å². The lowest BCUT2D eigenvalue weighted by molar-refractivity contribution is 0.519. The van der Waals surface area contributed by atoms with E-state index in [-0.39, 0.29) is 27.6 Å². The van der Waals surface area contributed by atoms with E-state index in [0.717, 1.165) is 12.1 Å². The summed E-state index contributed by atoms with van der Waals surface area (Å²) in [7, 11) is 0. The molecule has 0 saturated carbocycles. The second-order valence-corrected chi connectivity index (χ2v) is 5.61. The summed E-state index contributed by atoms with van der Waals surface area (Å²) >= 11 is 2.96. The fourth-order valence-electron chi connectivity index (χ4n) is 2.05. The molecule has 1 nitrogen and oxygen atoms in total. The van der Waals surface area contributed by atoms with Crippen molar-refractivity contribution in [2.24, 2.45) is 5.73 Å². The molecule has 112 valence electrons. The van der Waals surface area contributed by atoms with Gasteiger partial charge in [0.2, 0.25) is 0 Å². The van der Waals surface area contributed by atoms with Gasteiger partial charge in [-0.2, -0.15) is 0 Å². The van der Waals surface area contributed by atoms with Crippen LogP contribution < -0.4 is 5.73 Å². The van der Waals surface area contributed by atoms with Crippen molar-refractivity contribution in [2.45, 2.75) is 19.4 Å². The zero-order valence-corrected chi connectivity index (χ0v) is 12.6. The Kier molecular flexibility index (Phi) is 4.68. The lowest BCUT2D eigenvalue weighted by atomic mass is 9.97. The number of aryl methyl sites for hydroxylation is 1. The second kappa shape index (κ2) is 6.15. The predicted molar refractivity (Wildman–Crippen MR) is 75.8 cm³/mol. The Labute approximate surface area is 127 Å². The minimum Gasteiger partial charge on any atom is -0.324 e. The van der Waals surface area contributed by atoms with Crippen molar-refractivity contribution in [3.8, 4) is 0 Å². The first-order chi connectivity index (χ1) is 9.81. The summed E-state index contributed by atoms with van der Waals surface area (Å²) in [6.45, 7) is 1.46. The number of rotatable bonds is 3. The minimum atomic E-state index is -0.984. The zero-order valence-electron chi connectivity index (χ0n) is 11.1. The molecule has 0 spiro atoms. The predicted octanol–water partition coefficient (Wildman–Crippen LogP) is 4.56. The normalized spacial score (nSPS) is 12.5. The fraction of sp³-hybridized carbons (Fsp3) is 0.200. The van der Waals surface area contributed by atoms with Crippen LogP contribution in [0.3, 0.4) is 0 Å². The highest BCUT2D eigenvalue weighted by Gasteiger charge is 2.20. The third-order valence-electron chi connectivity index (χ3n) is 3.24. The second-order valence-electron chi connectivity index (χ2n) is 4.76. The van der Waals surface area contributed by atoms with Crippen LogP contribution in [0.2, 0.25) is 0 Å². The molecule has 2 aromatic rings. The van der Waals surface area contributed by atoms with E-state index in [0.29, 0.717) is 0 Å². The van der Waals surface area contributed by atoms with Gasteiger partial charge in [0, 0.05) is 23.2 Å². The van der Waals surface area contributed by atoms with Crippen molar-refractivity contribution in [3.63, 3.8) is 0 Å². The number of benzene rings is 2. The summed E-state index contributed by atoms with van der Waals surface area (Å²) in [5.41, 5.74) is 5.83. The molecule has 21 heavy (non-hydrogen) atoms. The lowest BCUT2D eigenvalue weighted by Gasteiger charge is -2.15. The average Bonchev–Trinajstić information content (AvgIpc) is 2.43. The molecule has 0 bridgehead atoms. The maximum absolute atomic E-state index is 13.9. The average molecular weight is 362 g/mol. The van der Waals surface area contributed by atoms with Gasteiger partial charge in [-0.15, -0.1) is 0 Å². The van der Waals surface area contributed by atoms with Crippen LogP contribution in [0.15, 0.2) is 28.7 Å². The Morgan fingerprint density at radius 3 is 2.38 bits per heavy atom. The van der Waals surface area contributed by atoms with Crippen LogP contribution in [0.1, 0.15) is 22.7 Å². The topological polar surface area (TPSA) is 26.0 Å². The maximum atomic E-state index is 13.9. The highest BCUT2D eigenvalue weighted by molar-refractivity contribution is 9.10. The summed E-state index contributed by atoms with van der Waals surface area (Å²) in [6.07, 6.45) is -0.237. The van der Waals surface area contributed by atoms with Crippen LogP contribution in [-0.2, 0) is 6.42 Å². The maximum Gasteiger partial charge on any atom is 0.143 e. The van der Waals surface area contributed by atoms with Crippen LogP contribution in [-0.4, -0.2) is 0 Å². The van der Waals surface area contributed by atoms with E-state index < -0.39 is 29.3 Å². The van der Waals surface area contributed by atoms with Crippen molar-refractivity contribution in [1.82, 2.24) is 0 Å². The Bertz CT molecular complexity index is 688. The number of hydrogen-bond donors (Lipinski definition) is 1.